The molecule has 2 atom stereocenters. The number of carboxylic acid groups (broad SMARTS) is 2. The molecule has 2 unspecified atom stereocenters. The van der Waals surface area contributed by atoms with Gasteiger partial charge in [0.15, 0.2) is 0 Å². The molecular formula is C10H16N2O5. The molecule has 7 nitrogen and oxygen atoms in total. The Bertz CT molecular complexity index is 349. The Hall–Kier alpha value is -1.63. The maximum Gasteiger partial charge on any atom is 0.326 e. The van der Waals surface area contributed by atoms with Gasteiger partial charge in [-0.3, -0.25) is 9.59 Å². The van der Waals surface area contributed by atoms with Crippen molar-refractivity contribution in [3.63, 3.8) is 0 Å². The van der Waals surface area contributed by atoms with Gasteiger partial charge in [0.05, 0.1) is 12.0 Å². The molecule has 0 aromatic heterocycles. The molecule has 96 valence electrons. The fraction of sp³-hybridized carbons (Fsp3) is 0.700. The molecule has 17 heavy (non-hydrogen) atoms. The Labute approximate surface area is 98.0 Å². The Morgan fingerprint density at radius 2 is 1.94 bits per heavy atom. The van der Waals surface area contributed by atoms with Gasteiger partial charge in [-0.15, -0.1) is 0 Å². The Balaban J connectivity index is 2.63. The lowest BCUT2D eigenvalue weighted by Gasteiger charge is -2.25. The molecule has 1 aliphatic carbocycles. The molecule has 7 heteroatoms. The van der Waals surface area contributed by atoms with E-state index in [0.717, 1.165) is 12.8 Å². The monoisotopic (exact) mass is 244 g/mol. The van der Waals surface area contributed by atoms with Crippen molar-refractivity contribution in [1.82, 2.24) is 5.32 Å². The van der Waals surface area contributed by atoms with Crippen LogP contribution in [0.25, 0.3) is 0 Å². The van der Waals surface area contributed by atoms with Crippen LogP contribution < -0.4 is 11.1 Å². The zero-order valence-electron chi connectivity index (χ0n) is 9.47. The highest BCUT2D eigenvalue weighted by molar-refractivity contribution is 5.91. The van der Waals surface area contributed by atoms with Crippen molar-refractivity contribution >= 4 is 17.8 Å². The SMILES string of the molecule is CC(N)(C(=O)NC(CC(=O)O)C(=O)O)C1CC1. The minimum atomic E-state index is -1.44. The first-order valence-electron chi connectivity index (χ1n) is 5.29. The molecule has 1 fully saturated rings. The number of hydrogen-bond donors (Lipinski definition) is 4. The zero-order chi connectivity index (χ0) is 13.2. The fourth-order valence-corrected chi connectivity index (χ4v) is 1.56. The number of carbonyl (C=O) groups excluding carboxylic acids is 1. The van der Waals surface area contributed by atoms with E-state index in [1.807, 2.05) is 0 Å². The van der Waals surface area contributed by atoms with Crippen LogP contribution in [0.2, 0.25) is 0 Å². The second kappa shape index (κ2) is 4.70. The van der Waals surface area contributed by atoms with E-state index in [1.165, 1.54) is 6.92 Å². The molecule has 1 rings (SSSR count). The smallest absolute Gasteiger partial charge is 0.326 e. The number of hydrogen-bond acceptors (Lipinski definition) is 4. The van der Waals surface area contributed by atoms with Crippen molar-refractivity contribution in [2.24, 2.45) is 11.7 Å². The standard InChI is InChI=1S/C10H16N2O5/c1-10(11,5-2-3-5)9(17)12-6(8(15)16)4-7(13)14/h5-6H,2-4,11H2,1H3,(H,12,17)(H,13,14)(H,15,16). The predicted molar refractivity (Wildman–Crippen MR) is 57.1 cm³/mol. The number of carboxylic acids is 2. The van der Waals surface area contributed by atoms with Gasteiger partial charge in [-0.05, 0) is 25.7 Å². The normalized spacial score (nSPS) is 20.1. The van der Waals surface area contributed by atoms with Gasteiger partial charge in [0, 0.05) is 0 Å². The van der Waals surface area contributed by atoms with Crippen molar-refractivity contribution in [2.75, 3.05) is 0 Å². The van der Waals surface area contributed by atoms with Crippen molar-refractivity contribution in [3.8, 4) is 0 Å². The minimum Gasteiger partial charge on any atom is -0.481 e. The molecule has 0 aromatic rings. The van der Waals surface area contributed by atoms with E-state index in [2.05, 4.69) is 5.32 Å². The first-order valence-corrected chi connectivity index (χ1v) is 5.29. The van der Waals surface area contributed by atoms with Crippen LogP contribution in [-0.2, 0) is 14.4 Å². The summed E-state index contributed by atoms with van der Waals surface area (Å²) < 4.78 is 0. The molecule has 1 amide bonds. The van der Waals surface area contributed by atoms with Gasteiger partial charge in [-0.2, -0.15) is 0 Å². The van der Waals surface area contributed by atoms with Crippen LogP contribution in [0.4, 0.5) is 0 Å². The number of amides is 1. The number of carbonyl (C=O) groups is 3. The van der Waals surface area contributed by atoms with E-state index in [4.69, 9.17) is 15.9 Å². The number of nitrogens with one attached hydrogen (secondary N) is 1. The Kier molecular flexibility index (Phi) is 3.72. The molecule has 0 aliphatic heterocycles. The van der Waals surface area contributed by atoms with E-state index in [-0.39, 0.29) is 5.92 Å². The van der Waals surface area contributed by atoms with Crippen molar-refractivity contribution in [2.45, 2.75) is 37.8 Å². The largest absolute Gasteiger partial charge is 0.481 e. The summed E-state index contributed by atoms with van der Waals surface area (Å²) in [7, 11) is 0. The zero-order valence-corrected chi connectivity index (χ0v) is 9.47. The van der Waals surface area contributed by atoms with E-state index >= 15 is 0 Å². The lowest BCUT2D eigenvalue weighted by molar-refractivity contribution is -0.147. The maximum atomic E-state index is 11.8. The highest BCUT2D eigenvalue weighted by atomic mass is 16.4. The highest BCUT2D eigenvalue weighted by Gasteiger charge is 2.45. The number of rotatable bonds is 6. The van der Waals surface area contributed by atoms with Crippen LogP contribution >= 0.6 is 0 Å². The molecule has 0 bridgehead atoms. The van der Waals surface area contributed by atoms with Gasteiger partial charge in [0.25, 0.3) is 0 Å². The van der Waals surface area contributed by atoms with Crippen LogP contribution in [0.1, 0.15) is 26.2 Å². The summed E-state index contributed by atoms with van der Waals surface area (Å²) in [4.78, 5) is 33.0. The van der Waals surface area contributed by atoms with Crippen LogP contribution in [0.5, 0.6) is 0 Å². The lowest BCUT2D eigenvalue weighted by Crippen LogP contribution is -2.57. The van der Waals surface area contributed by atoms with Gasteiger partial charge < -0.3 is 21.3 Å². The van der Waals surface area contributed by atoms with E-state index in [9.17, 15) is 14.4 Å². The van der Waals surface area contributed by atoms with Crippen molar-refractivity contribution in [1.29, 1.82) is 0 Å². The van der Waals surface area contributed by atoms with E-state index in [0.29, 0.717) is 0 Å². The quantitative estimate of drug-likeness (QED) is 0.482. The average Bonchev–Trinajstić information content (AvgIpc) is 2.98. The maximum absolute atomic E-state index is 11.8. The molecule has 5 N–H and O–H groups in total. The highest BCUT2D eigenvalue weighted by Crippen LogP contribution is 2.38. The van der Waals surface area contributed by atoms with Gasteiger partial charge in [-0.1, -0.05) is 0 Å². The average molecular weight is 244 g/mol. The summed E-state index contributed by atoms with van der Waals surface area (Å²) >= 11 is 0. The van der Waals surface area contributed by atoms with Crippen molar-refractivity contribution < 1.29 is 24.6 Å². The predicted octanol–water partition coefficient (Wildman–Crippen LogP) is -0.842. The molecule has 1 saturated carbocycles. The second-order valence-electron chi connectivity index (χ2n) is 4.52. The minimum absolute atomic E-state index is 0.0433. The van der Waals surface area contributed by atoms with Crippen LogP contribution in [-0.4, -0.2) is 39.6 Å². The number of aliphatic carboxylic acids is 2. The van der Waals surface area contributed by atoms with Gasteiger partial charge in [0.2, 0.25) is 5.91 Å². The molecule has 0 radical (unpaired) electrons. The van der Waals surface area contributed by atoms with Gasteiger partial charge >= 0.3 is 11.9 Å². The third kappa shape index (κ3) is 3.42. The summed E-state index contributed by atoms with van der Waals surface area (Å²) in [5.74, 6) is -3.24. The summed E-state index contributed by atoms with van der Waals surface area (Å²) in [6, 6.07) is -1.44. The molecular weight excluding hydrogens is 228 g/mol. The topological polar surface area (TPSA) is 130 Å². The van der Waals surface area contributed by atoms with Gasteiger partial charge in [-0.25, -0.2) is 4.79 Å². The van der Waals surface area contributed by atoms with Crippen molar-refractivity contribution in [3.05, 3.63) is 0 Å². The summed E-state index contributed by atoms with van der Waals surface area (Å²) in [5, 5.41) is 19.5. The van der Waals surface area contributed by atoms with Crippen LogP contribution in [0, 0.1) is 5.92 Å². The third-order valence-corrected chi connectivity index (χ3v) is 2.90. The van der Waals surface area contributed by atoms with Crippen LogP contribution in [0.15, 0.2) is 0 Å². The Morgan fingerprint density at radius 1 is 1.41 bits per heavy atom. The lowest BCUT2D eigenvalue weighted by atomic mass is 9.95. The molecule has 1 aliphatic rings. The molecule has 0 heterocycles. The molecule has 0 aromatic carbocycles. The van der Waals surface area contributed by atoms with E-state index in [1.54, 1.807) is 0 Å². The summed E-state index contributed by atoms with van der Waals surface area (Å²) in [6.07, 6.45) is 0.996. The fourth-order valence-electron chi connectivity index (χ4n) is 1.56. The molecule has 0 spiro atoms. The second-order valence-corrected chi connectivity index (χ2v) is 4.52. The summed E-state index contributed by atoms with van der Waals surface area (Å²) in [6.45, 7) is 1.53. The van der Waals surface area contributed by atoms with Crippen LogP contribution in [0.3, 0.4) is 0 Å². The Morgan fingerprint density at radius 3 is 2.29 bits per heavy atom. The first kappa shape index (κ1) is 13.4. The summed E-state index contributed by atoms with van der Waals surface area (Å²) in [5.41, 5.74) is 4.66. The molecule has 0 saturated heterocycles. The number of nitrogens with two attached hydrogens (primary N) is 1. The van der Waals surface area contributed by atoms with E-state index < -0.39 is 35.8 Å². The van der Waals surface area contributed by atoms with Gasteiger partial charge in [0.1, 0.15) is 6.04 Å². The first-order chi connectivity index (χ1) is 7.75. The third-order valence-electron chi connectivity index (χ3n) is 2.90.